The van der Waals surface area contributed by atoms with E-state index in [2.05, 4.69) is 20.9 Å². The van der Waals surface area contributed by atoms with Gasteiger partial charge in [0.25, 0.3) is 11.2 Å². The Morgan fingerprint density at radius 3 is 2.55 bits per heavy atom. The number of rotatable bonds is 9. The highest BCUT2D eigenvalue weighted by Gasteiger charge is 2.35. The number of allylic oxidation sites excluding steroid dienone is 1. The highest BCUT2D eigenvalue weighted by molar-refractivity contribution is 9.10. The molecule has 0 aliphatic carbocycles. The van der Waals surface area contributed by atoms with Crippen molar-refractivity contribution in [1.29, 1.82) is 0 Å². The van der Waals surface area contributed by atoms with Gasteiger partial charge in [-0.15, -0.1) is 0 Å². The first-order valence-corrected chi connectivity index (χ1v) is 15.2. The number of hydrogen-bond acceptors (Lipinski definition) is 9. The molecule has 0 spiro atoms. The second kappa shape index (κ2) is 13.0. The van der Waals surface area contributed by atoms with Gasteiger partial charge < -0.3 is 14.2 Å². The minimum atomic E-state index is -0.847. The summed E-state index contributed by atoms with van der Waals surface area (Å²) < 4.78 is 19.9. The second-order valence-corrected chi connectivity index (χ2v) is 12.1. The maximum Gasteiger partial charge on any atom is 0.338 e. The Labute approximate surface area is 264 Å². The van der Waals surface area contributed by atoms with Crippen LogP contribution in [0.4, 0.5) is 5.69 Å². The van der Waals surface area contributed by atoms with Gasteiger partial charge in [0, 0.05) is 27.7 Å². The number of thiazole rings is 1. The number of fused-ring (bicyclic) bond motifs is 1. The molecule has 0 bridgehead atoms. The Bertz CT molecular complexity index is 1960. The van der Waals surface area contributed by atoms with E-state index in [1.165, 1.54) is 35.1 Å². The zero-order valence-electron chi connectivity index (χ0n) is 24.3. The van der Waals surface area contributed by atoms with Gasteiger partial charge in [-0.25, -0.2) is 9.79 Å². The first-order valence-electron chi connectivity index (χ1n) is 13.6. The van der Waals surface area contributed by atoms with Crippen LogP contribution in [-0.4, -0.2) is 28.7 Å². The van der Waals surface area contributed by atoms with Gasteiger partial charge in [-0.2, -0.15) is 0 Å². The molecule has 226 valence electrons. The van der Waals surface area contributed by atoms with E-state index in [1.807, 2.05) is 30.3 Å². The summed E-state index contributed by atoms with van der Waals surface area (Å²) in [5.41, 5.74) is 2.37. The van der Waals surface area contributed by atoms with E-state index in [-0.39, 0.29) is 29.5 Å². The van der Waals surface area contributed by atoms with Gasteiger partial charge in [0.2, 0.25) is 0 Å². The summed E-state index contributed by atoms with van der Waals surface area (Å²) >= 11 is 4.72. The van der Waals surface area contributed by atoms with E-state index in [0.717, 1.165) is 10.0 Å². The number of methoxy groups -OCH3 is 1. The highest BCUT2D eigenvalue weighted by Crippen LogP contribution is 2.37. The molecule has 0 N–H and O–H groups in total. The smallest absolute Gasteiger partial charge is 0.338 e. The van der Waals surface area contributed by atoms with Crippen LogP contribution in [0.1, 0.15) is 43.5 Å². The third-order valence-corrected chi connectivity index (χ3v) is 8.29. The number of carbonyl (C=O) groups is 1. The van der Waals surface area contributed by atoms with Crippen molar-refractivity contribution in [2.24, 2.45) is 4.99 Å². The summed E-state index contributed by atoms with van der Waals surface area (Å²) in [7, 11) is 1.53. The van der Waals surface area contributed by atoms with E-state index in [9.17, 15) is 19.7 Å². The summed E-state index contributed by atoms with van der Waals surface area (Å²) in [4.78, 5) is 43.2. The van der Waals surface area contributed by atoms with Crippen LogP contribution in [0.15, 0.2) is 92.3 Å². The molecule has 44 heavy (non-hydrogen) atoms. The lowest BCUT2D eigenvalue weighted by Gasteiger charge is -2.26. The number of para-hydroxylation sites is 1. The van der Waals surface area contributed by atoms with Crippen LogP contribution < -0.4 is 24.4 Å². The van der Waals surface area contributed by atoms with Gasteiger partial charge in [0.15, 0.2) is 4.80 Å². The number of carbonyl (C=O) groups excluding carboxylic acids is 1. The Hall–Kier alpha value is -4.55. The molecule has 0 saturated heterocycles. The van der Waals surface area contributed by atoms with Crippen molar-refractivity contribution < 1.29 is 23.9 Å². The van der Waals surface area contributed by atoms with Crippen molar-refractivity contribution in [2.75, 3.05) is 7.11 Å². The van der Waals surface area contributed by atoms with Crippen LogP contribution in [0.3, 0.4) is 0 Å². The van der Waals surface area contributed by atoms with Gasteiger partial charge in [-0.1, -0.05) is 45.5 Å². The minimum Gasteiger partial charge on any atom is -0.496 e. The van der Waals surface area contributed by atoms with Crippen LogP contribution in [-0.2, 0) is 16.1 Å². The quantitative estimate of drug-likeness (QED) is 0.131. The number of hydrogen-bond donors (Lipinski definition) is 0. The number of aromatic nitrogens is 1. The maximum atomic E-state index is 14.1. The monoisotopic (exact) mass is 677 g/mol. The first kappa shape index (κ1) is 30.9. The molecule has 10 nitrogen and oxygen atoms in total. The van der Waals surface area contributed by atoms with Crippen LogP contribution in [0.25, 0.3) is 6.08 Å². The molecule has 1 aliphatic rings. The average molecular weight is 679 g/mol. The topological polar surface area (TPSA) is 122 Å². The third kappa shape index (κ3) is 6.36. The molecule has 4 aromatic rings. The third-order valence-electron chi connectivity index (χ3n) is 6.82. The number of nitro groups is 1. The number of esters is 1. The Balaban J connectivity index is 1.60. The van der Waals surface area contributed by atoms with Gasteiger partial charge in [-0.3, -0.25) is 19.5 Å². The fourth-order valence-corrected chi connectivity index (χ4v) is 6.24. The van der Waals surface area contributed by atoms with Crippen molar-refractivity contribution in [1.82, 2.24) is 4.57 Å². The number of halogens is 1. The van der Waals surface area contributed by atoms with Gasteiger partial charge in [0.1, 0.15) is 24.1 Å². The second-order valence-electron chi connectivity index (χ2n) is 10.2. The van der Waals surface area contributed by atoms with E-state index >= 15 is 0 Å². The summed E-state index contributed by atoms with van der Waals surface area (Å²) in [5.74, 6) is 0.467. The molecular weight excluding hydrogens is 650 g/mol. The molecular formula is C32H28BrN3O7S. The lowest BCUT2D eigenvalue weighted by molar-refractivity contribution is -0.384. The zero-order valence-corrected chi connectivity index (χ0v) is 26.7. The number of nitro benzene ring substituents is 1. The Morgan fingerprint density at radius 2 is 1.86 bits per heavy atom. The SMILES string of the molecule is COc1ccc(Br)cc1[C@@H]1C(C(=O)OC(C)C)=C(C)N=c2s/c(=C\c3ccccc3OCc3ccc([N+](=O)[O-])cc3)c(=O)n21. The summed E-state index contributed by atoms with van der Waals surface area (Å²) in [6, 6.07) is 18.0. The fourth-order valence-electron chi connectivity index (χ4n) is 4.82. The van der Waals surface area contributed by atoms with Crippen molar-refractivity contribution in [2.45, 2.75) is 39.5 Å². The van der Waals surface area contributed by atoms with Gasteiger partial charge in [0.05, 0.1) is 33.9 Å². The summed E-state index contributed by atoms with van der Waals surface area (Å²) in [6.07, 6.45) is 1.36. The number of non-ortho nitro benzene ring substituents is 1. The first-order chi connectivity index (χ1) is 21.1. The standard InChI is InChI=1S/C32H28BrN3O7S/c1-18(2)43-31(38)28-19(3)34-32-35(29(28)24-16-22(33)11-14-26(24)41-4)30(37)27(44-32)15-21-7-5-6-8-25(21)42-17-20-9-12-23(13-10-20)36(39)40/h5-16,18,29H,17H2,1-4H3/b27-15-/t29-/m1/s1. The Kier molecular flexibility index (Phi) is 9.12. The Morgan fingerprint density at radius 1 is 1.14 bits per heavy atom. The molecule has 0 saturated carbocycles. The van der Waals surface area contributed by atoms with E-state index in [4.69, 9.17) is 14.2 Å². The predicted octanol–water partition coefficient (Wildman–Crippen LogP) is 5.45. The van der Waals surface area contributed by atoms with Crippen LogP contribution in [0, 0.1) is 10.1 Å². The summed E-state index contributed by atoms with van der Waals surface area (Å²) in [5, 5.41) is 11.0. The molecule has 2 heterocycles. The molecule has 0 amide bonds. The van der Waals surface area contributed by atoms with Gasteiger partial charge >= 0.3 is 5.97 Å². The van der Waals surface area contributed by atoms with Crippen LogP contribution in [0.5, 0.6) is 11.5 Å². The minimum absolute atomic E-state index is 0.000766. The fraction of sp³-hybridized carbons (Fsp3) is 0.219. The van der Waals surface area contributed by atoms with E-state index in [1.54, 1.807) is 51.1 Å². The molecule has 1 aliphatic heterocycles. The molecule has 5 rings (SSSR count). The molecule has 12 heteroatoms. The maximum absolute atomic E-state index is 14.1. The molecule has 1 atom stereocenters. The molecule has 0 radical (unpaired) electrons. The zero-order chi connectivity index (χ0) is 31.5. The molecule has 0 fully saturated rings. The van der Waals surface area contributed by atoms with Crippen LogP contribution >= 0.6 is 27.3 Å². The lowest BCUT2D eigenvalue weighted by Crippen LogP contribution is -2.40. The van der Waals surface area contributed by atoms with E-state index in [0.29, 0.717) is 37.7 Å². The van der Waals surface area contributed by atoms with Gasteiger partial charge in [-0.05, 0) is 68.8 Å². The normalized spacial score (nSPS) is 14.7. The highest BCUT2D eigenvalue weighted by atomic mass is 79.9. The van der Waals surface area contributed by atoms with Crippen molar-refractivity contribution in [3.63, 3.8) is 0 Å². The molecule has 0 unspecified atom stereocenters. The van der Waals surface area contributed by atoms with Crippen molar-refractivity contribution in [3.05, 3.63) is 129 Å². The molecule has 1 aromatic heterocycles. The van der Waals surface area contributed by atoms with Crippen molar-refractivity contribution in [3.8, 4) is 11.5 Å². The largest absolute Gasteiger partial charge is 0.496 e. The summed E-state index contributed by atoms with van der Waals surface area (Å²) in [6.45, 7) is 5.43. The van der Waals surface area contributed by atoms with Crippen LogP contribution in [0.2, 0.25) is 0 Å². The number of nitrogens with zero attached hydrogens (tertiary/aromatic N) is 3. The van der Waals surface area contributed by atoms with E-state index < -0.39 is 16.9 Å². The number of benzene rings is 3. The lowest BCUT2D eigenvalue weighted by atomic mass is 9.95. The van der Waals surface area contributed by atoms with Crippen molar-refractivity contribution >= 4 is 45.0 Å². The number of ether oxygens (including phenoxy) is 3. The average Bonchev–Trinajstić information content (AvgIpc) is 3.29. The molecule has 3 aromatic carbocycles. The predicted molar refractivity (Wildman–Crippen MR) is 170 cm³/mol.